The zero-order valence-corrected chi connectivity index (χ0v) is 20.9. The van der Waals surface area contributed by atoms with Crippen LogP contribution in [0.15, 0.2) is 47.6 Å². The third-order valence-corrected chi connectivity index (χ3v) is 8.84. The van der Waals surface area contributed by atoms with Crippen molar-refractivity contribution in [1.82, 2.24) is 20.0 Å². The zero-order valence-electron chi connectivity index (χ0n) is 20.9. The minimum Gasteiger partial charge on any atom is -0.341 e. The summed E-state index contributed by atoms with van der Waals surface area (Å²) in [5.41, 5.74) is 4.74. The number of rotatable bonds is 5. The molecule has 36 heavy (non-hydrogen) atoms. The molecule has 7 heteroatoms. The molecule has 2 aromatic carbocycles. The number of hydrogen-bond donors (Lipinski definition) is 1. The van der Waals surface area contributed by atoms with Crippen molar-refractivity contribution in [3.05, 3.63) is 53.7 Å². The molecule has 2 saturated carbocycles. The third kappa shape index (κ3) is 3.25. The number of nitrogens with one attached hydrogen (secondary N) is 1. The van der Waals surface area contributed by atoms with Crippen LogP contribution in [-0.2, 0) is 9.59 Å². The molecule has 3 fully saturated rings. The summed E-state index contributed by atoms with van der Waals surface area (Å²) < 4.78 is 0. The van der Waals surface area contributed by atoms with Gasteiger partial charge in [-0.1, -0.05) is 37.6 Å². The minimum atomic E-state index is -0.536. The van der Waals surface area contributed by atoms with Gasteiger partial charge in [0.05, 0.1) is 11.7 Å². The lowest BCUT2D eigenvalue weighted by Crippen LogP contribution is -2.59. The molecule has 2 amide bonds. The molecule has 1 saturated heterocycles. The van der Waals surface area contributed by atoms with Crippen LogP contribution in [0.4, 0.5) is 0 Å². The van der Waals surface area contributed by atoms with Crippen LogP contribution in [0, 0.1) is 18.3 Å². The number of aromatic nitrogens is 2. The van der Waals surface area contributed by atoms with Crippen molar-refractivity contribution >= 4 is 28.6 Å². The topological polar surface area (TPSA) is 81.7 Å². The molecule has 1 spiro atoms. The molecule has 0 bridgehead atoms. The van der Waals surface area contributed by atoms with E-state index in [0.29, 0.717) is 18.4 Å². The average Bonchev–Trinajstić information content (AvgIpc) is 3.37. The number of carbonyl (C=O) groups is 2. The van der Waals surface area contributed by atoms with Crippen LogP contribution < -0.4 is 0 Å². The van der Waals surface area contributed by atoms with Crippen LogP contribution in [-0.4, -0.2) is 62.8 Å². The second kappa shape index (κ2) is 7.51. The van der Waals surface area contributed by atoms with Crippen LogP contribution in [0.25, 0.3) is 22.0 Å². The zero-order chi connectivity index (χ0) is 24.7. The molecule has 2 aliphatic heterocycles. The molecular formula is C29H31N5O2. The lowest BCUT2D eigenvalue weighted by atomic mass is 9.69. The third-order valence-electron chi connectivity index (χ3n) is 8.84. The highest BCUT2D eigenvalue weighted by Crippen LogP contribution is 2.47. The summed E-state index contributed by atoms with van der Waals surface area (Å²) in [6.07, 6.45) is 6.67. The van der Waals surface area contributed by atoms with Gasteiger partial charge in [0.2, 0.25) is 5.91 Å². The van der Waals surface area contributed by atoms with E-state index < -0.39 is 5.54 Å². The maximum absolute atomic E-state index is 13.4. The maximum atomic E-state index is 13.4. The van der Waals surface area contributed by atoms with Crippen LogP contribution in [0.5, 0.6) is 0 Å². The monoisotopic (exact) mass is 481 g/mol. The van der Waals surface area contributed by atoms with Gasteiger partial charge < -0.3 is 4.90 Å². The van der Waals surface area contributed by atoms with E-state index >= 15 is 0 Å². The van der Waals surface area contributed by atoms with Crippen molar-refractivity contribution < 1.29 is 9.59 Å². The second-order valence-corrected chi connectivity index (χ2v) is 11.6. The Morgan fingerprint density at radius 3 is 2.53 bits per heavy atom. The van der Waals surface area contributed by atoms with Crippen molar-refractivity contribution in [3.8, 4) is 11.1 Å². The largest absolute Gasteiger partial charge is 0.341 e. The summed E-state index contributed by atoms with van der Waals surface area (Å²) >= 11 is 0. The number of carbonyl (C=O) groups excluding carboxylic acids is 2. The van der Waals surface area contributed by atoms with E-state index in [1.807, 2.05) is 16.0 Å². The van der Waals surface area contributed by atoms with Crippen LogP contribution in [0.1, 0.15) is 50.2 Å². The molecule has 184 valence electrons. The van der Waals surface area contributed by atoms with Crippen LogP contribution >= 0.6 is 0 Å². The predicted octanol–water partition coefficient (Wildman–Crippen LogP) is 4.31. The first-order chi connectivity index (χ1) is 17.4. The molecule has 4 aliphatic rings. The number of amides is 2. The van der Waals surface area contributed by atoms with Crippen molar-refractivity contribution in [2.45, 2.75) is 51.5 Å². The van der Waals surface area contributed by atoms with E-state index in [1.165, 1.54) is 0 Å². The first-order valence-electron chi connectivity index (χ1n) is 13.1. The Morgan fingerprint density at radius 1 is 1.08 bits per heavy atom. The quantitative estimate of drug-likeness (QED) is 0.590. The summed E-state index contributed by atoms with van der Waals surface area (Å²) in [7, 11) is 0. The summed E-state index contributed by atoms with van der Waals surface area (Å²) in [5, 5.41) is 8.21. The Balaban J connectivity index is 1.12. The van der Waals surface area contributed by atoms with E-state index in [1.54, 1.807) is 0 Å². The van der Waals surface area contributed by atoms with Crippen molar-refractivity contribution in [2.75, 3.05) is 19.6 Å². The number of fused-ring (bicyclic) bond motifs is 1. The second-order valence-electron chi connectivity index (χ2n) is 11.6. The highest BCUT2D eigenvalue weighted by Gasteiger charge is 2.58. The van der Waals surface area contributed by atoms with Gasteiger partial charge in [0.25, 0.3) is 5.91 Å². The fraction of sp³-hybridized carbons (Fsp3) is 0.448. The predicted molar refractivity (Wildman–Crippen MR) is 139 cm³/mol. The summed E-state index contributed by atoms with van der Waals surface area (Å²) in [4.78, 5) is 35.1. The van der Waals surface area contributed by atoms with Gasteiger partial charge >= 0.3 is 0 Å². The summed E-state index contributed by atoms with van der Waals surface area (Å²) in [6.45, 7) is 6.32. The molecule has 3 heterocycles. The number of nitrogens with zero attached hydrogens (tertiary/aromatic N) is 4. The first kappa shape index (κ1) is 21.8. The van der Waals surface area contributed by atoms with Gasteiger partial charge in [0.15, 0.2) is 0 Å². The van der Waals surface area contributed by atoms with E-state index in [2.05, 4.69) is 60.4 Å². The van der Waals surface area contributed by atoms with Gasteiger partial charge in [0.1, 0.15) is 11.4 Å². The van der Waals surface area contributed by atoms with Crippen molar-refractivity contribution in [1.29, 1.82) is 0 Å². The molecule has 7 rings (SSSR count). The van der Waals surface area contributed by atoms with E-state index in [9.17, 15) is 9.59 Å². The molecule has 0 radical (unpaired) electrons. The van der Waals surface area contributed by atoms with Crippen LogP contribution in [0.2, 0.25) is 0 Å². The Bertz CT molecular complexity index is 1440. The Morgan fingerprint density at radius 2 is 1.83 bits per heavy atom. The molecule has 1 N–H and O–H groups in total. The minimum absolute atomic E-state index is 0.141. The van der Waals surface area contributed by atoms with E-state index in [0.717, 1.165) is 84.2 Å². The number of hydrogen-bond acceptors (Lipinski definition) is 4. The molecule has 3 aromatic rings. The smallest absolute Gasteiger partial charge is 0.256 e. The van der Waals surface area contributed by atoms with Gasteiger partial charge in [0, 0.05) is 41.9 Å². The Kier molecular flexibility index (Phi) is 4.54. The van der Waals surface area contributed by atoms with E-state index in [-0.39, 0.29) is 11.3 Å². The lowest BCUT2D eigenvalue weighted by Gasteiger charge is -2.48. The molecular weight excluding hydrogens is 450 g/mol. The maximum Gasteiger partial charge on any atom is 0.256 e. The highest BCUT2D eigenvalue weighted by atomic mass is 16.2. The number of aliphatic imine (C=N–C) groups is 1. The number of aryl methyl sites for hydroxylation is 1. The molecule has 0 unspecified atom stereocenters. The number of amidine groups is 1. The van der Waals surface area contributed by atoms with E-state index in [4.69, 9.17) is 4.99 Å². The first-order valence-corrected chi connectivity index (χ1v) is 13.1. The van der Waals surface area contributed by atoms with Crippen molar-refractivity contribution in [3.63, 3.8) is 0 Å². The normalized spacial score (nSPS) is 22.1. The van der Waals surface area contributed by atoms with Crippen molar-refractivity contribution in [2.24, 2.45) is 16.3 Å². The molecule has 2 aliphatic carbocycles. The number of aromatic amines is 1. The SMILES string of the molecule is Cc1cc(-c2ccc3[nH]ncc3c2)ccc1C1=NC2(CC2)C(=O)N1CC1CN(C(=O)C2(C)CCC2)C1. The van der Waals surface area contributed by atoms with Crippen LogP contribution in [0.3, 0.4) is 0 Å². The highest BCUT2D eigenvalue weighted by molar-refractivity contribution is 6.17. The van der Waals surface area contributed by atoms with Gasteiger partial charge in [-0.3, -0.25) is 24.6 Å². The van der Waals surface area contributed by atoms with Gasteiger partial charge in [-0.25, -0.2) is 0 Å². The average molecular weight is 482 g/mol. The van der Waals surface area contributed by atoms with Gasteiger partial charge in [-0.2, -0.15) is 5.10 Å². The fourth-order valence-corrected chi connectivity index (χ4v) is 6.11. The van der Waals surface area contributed by atoms with Gasteiger partial charge in [-0.15, -0.1) is 0 Å². The molecule has 1 aromatic heterocycles. The Hall–Kier alpha value is -3.48. The summed E-state index contributed by atoms with van der Waals surface area (Å²) in [6, 6.07) is 12.7. The standard InChI is InChI=1S/C29H31N5O2/c1-18-12-20(21-5-7-24-22(13-21)14-30-32-24)4-6-23(18)25-31-29(10-11-29)27(36)34(25)17-19-15-33(16-19)26(35)28(2)8-3-9-28/h4-7,12-14,19H,3,8-11,15-17H2,1-2H3,(H,30,32). The van der Waals surface area contributed by atoms with Gasteiger partial charge in [-0.05, 0) is 61.4 Å². The molecule has 7 nitrogen and oxygen atoms in total. The lowest BCUT2D eigenvalue weighted by molar-refractivity contribution is -0.153. The fourth-order valence-electron chi connectivity index (χ4n) is 6.11. The number of likely N-dealkylation sites (tertiary alicyclic amines) is 1. The summed E-state index contributed by atoms with van der Waals surface area (Å²) in [5.74, 6) is 1.55. The Labute approximate surface area is 210 Å². The number of benzene rings is 2. The number of H-pyrrole nitrogens is 1. The molecule has 0 atom stereocenters.